The number of methoxy groups -OCH3 is 1. The highest BCUT2D eigenvalue weighted by Gasteiger charge is 2.30. The van der Waals surface area contributed by atoms with Gasteiger partial charge in [-0.2, -0.15) is 0 Å². The van der Waals surface area contributed by atoms with Crippen molar-refractivity contribution in [3.63, 3.8) is 0 Å². The molecule has 0 bridgehead atoms. The minimum absolute atomic E-state index is 0.00915. The molecule has 2 N–H and O–H groups in total. The molecule has 1 rings (SSSR count). The summed E-state index contributed by atoms with van der Waals surface area (Å²) in [5.74, 6) is 0.755. The van der Waals surface area contributed by atoms with Crippen LogP contribution in [-0.2, 0) is 4.74 Å². The Balaban J connectivity index is 2.68. The van der Waals surface area contributed by atoms with Crippen LogP contribution in [0.4, 0.5) is 0 Å². The van der Waals surface area contributed by atoms with E-state index in [1.54, 1.807) is 7.11 Å². The van der Waals surface area contributed by atoms with Crippen molar-refractivity contribution in [1.82, 2.24) is 5.32 Å². The molecule has 0 spiro atoms. The summed E-state index contributed by atoms with van der Waals surface area (Å²) in [7, 11) is 1.75. The van der Waals surface area contributed by atoms with Crippen LogP contribution in [0.2, 0.25) is 0 Å². The molecule has 108 valence electrons. The maximum atomic E-state index is 8.72. The fraction of sp³-hybridized carbons (Fsp3) is 0.600. The molecule has 0 saturated carbocycles. The number of benzene rings is 1. The van der Waals surface area contributed by atoms with Crippen LogP contribution in [0.5, 0.6) is 0 Å². The Kier molecular flexibility index (Phi) is 6.86. The quantitative estimate of drug-likeness (QED) is 0.564. The lowest BCUT2D eigenvalue weighted by Crippen LogP contribution is -2.46. The molecule has 1 aromatic rings. The zero-order valence-electron chi connectivity index (χ0n) is 12.3. The first-order chi connectivity index (χ1) is 9.01. The van der Waals surface area contributed by atoms with Gasteiger partial charge in [-0.25, -0.2) is 0 Å². The van der Waals surface area contributed by atoms with Gasteiger partial charge in [0.25, 0.3) is 0 Å². The van der Waals surface area contributed by atoms with E-state index >= 15 is 0 Å². The average molecular weight is 283 g/mol. The normalized spacial score (nSPS) is 13.5. The van der Waals surface area contributed by atoms with Crippen LogP contribution < -0.4 is 5.32 Å². The topological polar surface area (TPSA) is 41.5 Å². The maximum absolute atomic E-state index is 8.72. The summed E-state index contributed by atoms with van der Waals surface area (Å²) < 4.78 is 14.4. The van der Waals surface area contributed by atoms with E-state index in [-0.39, 0.29) is 11.6 Å². The van der Waals surface area contributed by atoms with Crippen molar-refractivity contribution in [2.24, 2.45) is 0 Å². The second-order valence-corrected chi connectivity index (χ2v) is 6.03. The van der Waals surface area contributed by atoms with Crippen molar-refractivity contribution >= 4 is 12.0 Å². The molecule has 0 fully saturated rings. The molecule has 3 nitrogen and oxygen atoms in total. The van der Waals surface area contributed by atoms with Gasteiger partial charge >= 0.3 is 0 Å². The first-order valence-electron chi connectivity index (χ1n) is 6.62. The summed E-state index contributed by atoms with van der Waals surface area (Å²) in [5.41, 5.74) is 2.29. The minimum Gasteiger partial charge on any atom is -0.375 e. The Morgan fingerprint density at radius 1 is 1.32 bits per heavy atom. The molecule has 19 heavy (non-hydrogen) atoms. The molecule has 4 heteroatoms. The third-order valence-corrected chi connectivity index (χ3v) is 3.74. The molecular formula is C15H25NO2S. The lowest BCUT2D eigenvalue weighted by atomic mass is 9.90. The van der Waals surface area contributed by atoms with Crippen LogP contribution in [0.25, 0.3) is 0 Å². The molecule has 1 unspecified atom stereocenters. The molecule has 0 aliphatic heterocycles. The number of ether oxygens (including phenoxy) is 1. The minimum atomic E-state index is -0.149. The average Bonchev–Trinajstić information content (AvgIpc) is 2.37. The van der Waals surface area contributed by atoms with E-state index in [0.717, 1.165) is 30.8 Å². The van der Waals surface area contributed by atoms with E-state index in [9.17, 15) is 0 Å². The van der Waals surface area contributed by atoms with Gasteiger partial charge in [0.1, 0.15) is 0 Å². The van der Waals surface area contributed by atoms with Crippen molar-refractivity contribution in [2.75, 3.05) is 19.4 Å². The lowest BCUT2D eigenvalue weighted by molar-refractivity contribution is 0.0314. The molecular weight excluding hydrogens is 258 g/mol. The summed E-state index contributed by atoms with van der Waals surface area (Å²) in [5, 5.41) is 3.51. The van der Waals surface area contributed by atoms with Gasteiger partial charge in [-0.05, 0) is 51.3 Å². The van der Waals surface area contributed by atoms with Crippen LogP contribution in [0.15, 0.2) is 24.3 Å². The predicted octanol–water partition coefficient (Wildman–Crippen LogP) is 3.65. The molecule has 0 aromatic heterocycles. The van der Waals surface area contributed by atoms with E-state index in [1.807, 2.05) is 0 Å². The molecule has 0 heterocycles. The first-order valence-corrected chi connectivity index (χ1v) is 7.56. The second-order valence-electron chi connectivity index (χ2n) is 5.36. The van der Waals surface area contributed by atoms with Crippen LogP contribution in [0.1, 0.15) is 37.5 Å². The van der Waals surface area contributed by atoms with Gasteiger partial charge in [-0.15, -0.1) is 0 Å². The highest BCUT2D eigenvalue weighted by atomic mass is 32.2. The Hall–Kier alpha value is -0.550. The third-order valence-electron chi connectivity index (χ3n) is 3.26. The number of hydrogen-bond donors (Lipinski definition) is 2. The van der Waals surface area contributed by atoms with Crippen molar-refractivity contribution in [2.45, 2.75) is 38.8 Å². The number of nitrogens with one attached hydrogen (secondary N) is 1. The number of rotatable bonds is 8. The van der Waals surface area contributed by atoms with Gasteiger partial charge in [0.05, 0.1) is 6.10 Å². The monoisotopic (exact) mass is 283 g/mol. The van der Waals surface area contributed by atoms with Crippen molar-refractivity contribution in [1.29, 1.82) is 0 Å². The Morgan fingerprint density at radius 2 is 1.95 bits per heavy atom. The van der Waals surface area contributed by atoms with Gasteiger partial charge in [0.15, 0.2) is 0 Å². The molecule has 0 saturated heterocycles. The van der Waals surface area contributed by atoms with Crippen LogP contribution in [0.3, 0.4) is 0 Å². The zero-order chi connectivity index (χ0) is 14.3. The zero-order valence-corrected chi connectivity index (χ0v) is 13.1. The van der Waals surface area contributed by atoms with Crippen LogP contribution in [0, 0.1) is 6.92 Å². The second kappa shape index (κ2) is 7.90. The van der Waals surface area contributed by atoms with Gasteiger partial charge in [-0.1, -0.05) is 29.8 Å². The Labute approximate surface area is 121 Å². The number of hydrogen-bond acceptors (Lipinski definition) is 4. The summed E-state index contributed by atoms with van der Waals surface area (Å²) in [4.78, 5) is 0. The van der Waals surface area contributed by atoms with Crippen molar-refractivity contribution in [3.8, 4) is 0 Å². The fourth-order valence-corrected chi connectivity index (χ4v) is 2.50. The van der Waals surface area contributed by atoms with E-state index in [1.165, 1.54) is 11.1 Å². The first kappa shape index (κ1) is 16.5. The highest BCUT2D eigenvalue weighted by molar-refractivity contribution is 7.93. The highest BCUT2D eigenvalue weighted by Crippen LogP contribution is 2.29. The Bertz CT molecular complexity index is 365. The van der Waals surface area contributed by atoms with Crippen LogP contribution >= 0.6 is 12.0 Å². The van der Waals surface area contributed by atoms with E-state index < -0.39 is 0 Å². The molecule has 0 aliphatic carbocycles. The molecule has 0 radical (unpaired) electrons. The van der Waals surface area contributed by atoms with E-state index in [2.05, 4.69) is 50.4 Å². The van der Waals surface area contributed by atoms with E-state index in [4.69, 9.17) is 9.29 Å². The van der Waals surface area contributed by atoms with Crippen molar-refractivity contribution in [3.05, 3.63) is 35.4 Å². The van der Waals surface area contributed by atoms with Crippen molar-refractivity contribution < 1.29 is 9.29 Å². The summed E-state index contributed by atoms with van der Waals surface area (Å²) in [6.45, 7) is 7.24. The Morgan fingerprint density at radius 3 is 2.47 bits per heavy atom. The SMILES string of the molecule is COC(c1ccc(C)cc1)C(C)(C)NCCCSO. The van der Waals surface area contributed by atoms with Gasteiger partial charge in [0, 0.05) is 18.4 Å². The summed E-state index contributed by atoms with van der Waals surface area (Å²) in [6.07, 6.45) is 0.949. The summed E-state index contributed by atoms with van der Waals surface area (Å²) in [6, 6.07) is 8.46. The predicted molar refractivity (Wildman–Crippen MR) is 82.7 cm³/mol. The van der Waals surface area contributed by atoms with Gasteiger partial charge in [-0.3, -0.25) is 0 Å². The van der Waals surface area contributed by atoms with E-state index in [0.29, 0.717) is 0 Å². The molecule has 1 aromatic carbocycles. The number of aryl methyl sites for hydroxylation is 1. The van der Waals surface area contributed by atoms with Crippen LogP contribution in [-0.4, -0.2) is 29.5 Å². The molecule has 0 aliphatic rings. The summed E-state index contributed by atoms with van der Waals surface area (Å²) >= 11 is 0.893. The van der Waals surface area contributed by atoms with Gasteiger partial charge < -0.3 is 14.6 Å². The fourth-order valence-electron chi connectivity index (χ4n) is 2.23. The molecule has 0 amide bonds. The molecule has 1 atom stereocenters. The lowest BCUT2D eigenvalue weighted by Gasteiger charge is -2.35. The van der Waals surface area contributed by atoms with Gasteiger partial charge in [0.2, 0.25) is 0 Å². The maximum Gasteiger partial charge on any atom is 0.0997 e. The smallest absolute Gasteiger partial charge is 0.0997 e. The standard InChI is InChI=1S/C15H25NO2S/c1-12-6-8-13(9-7-12)14(18-4)15(2,3)16-10-5-11-19-17/h6-9,14,16-17H,5,10-11H2,1-4H3. The third kappa shape index (κ3) is 5.15. The largest absolute Gasteiger partial charge is 0.375 e.